The third-order valence-corrected chi connectivity index (χ3v) is 4.60. The number of hydrogen-bond donors (Lipinski definition) is 1. The molecule has 0 radical (unpaired) electrons. The number of esters is 1. The highest BCUT2D eigenvalue weighted by atomic mass is 19.1. The van der Waals surface area contributed by atoms with Crippen molar-refractivity contribution < 1.29 is 23.8 Å². The van der Waals surface area contributed by atoms with Crippen LogP contribution in [0, 0.1) is 5.82 Å². The van der Waals surface area contributed by atoms with Gasteiger partial charge in [0.2, 0.25) is 0 Å². The van der Waals surface area contributed by atoms with Crippen LogP contribution >= 0.6 is 0 Å². The lowest BCUT2D eigenvalue weighted by Crippen LogP contribution is -2.21. The molecule has 4 rings (SSSR count). The van der Waals surface area contributed by atoms with Crippen molar-refractivity contribution in [2.45, 2.75) is 18.9 Å². The lowest BCUT2D eigenvalue weighted by molar-refractivity contribution is -0.135. The number of benzene rings is 3. The second-order valence-electron chi connectivity index (χ2n) is 6.37. The maximum Gasteiger partial charge on any atom is 0.312 e. The Labute approximate surface area is 155 Å². The maximum atomic E-state index is 13.9. The minimum absolute atomic E-state index is 0.0336. The summed E-state index contributed by atoms with van der Waals surface area (Å²) in [6.45, 7) is 0.0866. The summed E-state index contributed by atoms with van der Waals surface area (Å²) in [4.78, 5) is 12.1. The normalized spacial score (nSPS) is 15.7. The number of halogens is 1. The zero-order chi connectivity index (χ0) is 18.8. The Morgan fingerprint density at radius 3 is 2.67 bits per heavy atom. The minimum atomic E-state index is -0.373. The van der Waals surface area contributed by atoms with Crippen LogP contribution < -0.4 is 9.47 Å². The minimum Gasteiger partial charge on any atom is -0.508 e. The van der Waals surface area contributed by atoms with Crippen molar-refractivity contribution in [3.8, 4) is 17.2 Å². The van der Waals surface area contributed by atoms with Gasteiger partial charge in [0.15, 0.2) is 0 Å². The lowest BCUT2D eigenvalue weighted by Gasteiger charge is -2.26. The maximum absolute atomic E-state index is 13.9. The fourth-order valence-corrected chi connectivity index (χ4v) is 3.29. The molecule has 0 saturated carbocycles. The van der Waals surface area contributed by atoms with Crippen LogP contribution in [0.1, 0.15) is 29.0 Å². The molecular formula is C22H17FO4. The van der Waals surface area contributed by atoms with Crippen LogP contribution in [0.4, 0.5) is 4.39 Å². The number of rotatable bonds is 4. The van der Waals surface area contributed by atoms with Gasteiger partial charge < -0.3 is 14.6 Å². The van der Waals surface area contributed by atoms with E-state index in [4.69, 9.17) is 9.47 Å². The first-order valence-corrected chi connectivity index (χ1v) is 8.60. The van der Waals surface area contributed by atoms with E-state index in [0.29, 0.717) is 17.1 Å². The summed E-state index contributed by atoms with van der Waals surface area (Å²) in [7, 11) is 0. The van der Waals surface area contributed by atoms with Crippen LogP contribution in [0.15, 0.2) is 66.7 Å². The zero-order valence-corrected chi connectivity index (χ0v) is 14.4. The highest BCUT2D eigenvalue weighted by Crippen LogP contribution is 2.43. The zero-order valence-electron chi connectivity index (χ0n) is 14.4. The molecule has 4 nitrogen and oxygen atoms in total. The van der Waals surface area contributed by atoms with Gasteiger partial charge in [-0.1, -0.05) is 42.5 Å². The van der Waals surface area contributed by atoms with Crippen molar-refractivity contribution in [1.82, 2.24) is 0 Å². The molecule has 0 saturated heterocycles. The summed E-state index contributed by atoms with van der Waals surface area (Å²) in [5, 5.41) is 9.67. The van der Waals surface area contributed by atoms with E-state index in [0.717, 1.165) is 11.1 Å². The van der Waals surface area contributed by atoms with Crippen LogP contribution in [-0.2, 0) is 11.4 Å². The second kappa shape index (κ2) is 7.11. The Balaban J connectivity index is 1.67. The van der Waals surface area contributed by atoms with Crippen molar-refractivity contribution in [2.24, 2.45) is 0 Å². The molecule has 5 heteroatoms. The van der Waals surface area contributed by atoms with Gasteiger partial charge in [0, 0.05) is 28.7 Å². The SMILES string of the molecule is O=C1CC(c2ccccc2OCc2ccccc2F)c2ccc(O)cc2O1. The molecule has 27 heavy (non-hydrogen) atoms. The average molecular weight is 364 g/mol. The van der Waals surface area contributed by atoms with Crippen LogP contribution in [0.3, 0.4) is 0 Å². The van der Waals surface area contributed by atoms with Crippen LogP contribution in [0.5, 0.6) is 17.2 Å². The number of carbonyl (C=O) groups is 1. The molecule has 0 spiro atoms. The van der Waals surface area contributed by atoms with Gasteiger partial charge in [-0.15, -0.1) is 0 Å². The van der Waals surface area contributed by atoms with E-state index in [9.17, 15) is 14.3 Å². The van der Waals surface area contributed by atoms with Crippen molar-refractivity contribution in [1.29, 1.82) is 0 Å². The first-order valence-electron chi connectivity index (χ1n) is 8.60. The molecule has 1 N–H and O–H groups in total. The smallest absolute Gasteiger partial charge is 0.312 e. The fourth-order valence-electron chi connectivity index (χ4n) is 3.29. The molecule has 0 fully saturated rings. The highest BCUT2D eigenvalue weighted by Gasteiger charge is 2.30. The quantitative estimate of drug-likeness (QED) is 0.545. The topological polar surface area (TPSA) is 55.8 Å². The van der Waals surface area contributed by atoms with E-state index < -0.39 is 0 Å². The van der Waals surface area contributed by atoms with Gasteiger partial charge in [0.1, 0.15) is 29.7 Å². The summed E-state index contributed by atoms with van der Waals surface area (Å²) >= 11 is 0. The first-order chi connectivity index (χ1) is 13.1. The van der Waals surface area contributed by atoms with Crippen molar-refractivity contribution in [2.75, 3.05) is 0 Å². The predicted molar refractivity (Wildman–Crippen MR) is 97.4 cm³/mol. The molecular weight excluding hydrogens is 347 g/mol. The average Bonchev–Trinajstić information content (AvgIpc) is 2.66. The van der Waals surface area contributed by atoms with Crippen LogP contribution in [0.2, 0.25) is 0 Å². The van der Waals surface area contributed by atoms with Crippen LogP contribution in [-0.4, -0.2) is 11.1 Å². The van der Waals surface area contributed by atoms with Gasteiger partial charge >= 0.3 is 5.97 Å². The van der Waals surface area contributed by atoms with Gasteiger partial charge in [-0.3, -0.25) is 4.79 Å². The Bertz CT molecular complexity index is 999. The molecule has 0 aromatic heterocycles. The van der Waals surface area contributed by atoms with Gasteiger partial charge in [-0.2, -0.15) is 0 Å². The van der Waals surface area contributed by atoms with Gasteiger partial charge in [-0.05, 0) is 18.2 Å². The third kappa shape index (κ3) is 3.49. The third-order valence-electron chi connectivity index (χ3n) is 4.60. The van der Waals surface area contributed by atoms with Gasteiger partial charge in [0.25, 0.3) is 0 Å². The molecule has 0 amide bonds. The molecule has 0 bridgehead atoms. The molecule has 1 unspecified atom stereocenters. The predicted octanol–water partition coefficient (Wildman–Crippen LogP) is 4.55. The summed E-state index contributed by atoms with van der Waals surface area (Å²) < 4.78 is 25.0. The molecule has 1 heterocycles. The van der Waals surface area contributed by atoms with Gasteiger partial charge in [0.05, 0.1) is 6.42 Å². The summed E-state index contributed by atoms with van der Waals surface area (Å²) in [5.74, 6) is 0.00338. The summed E-state index contributed by atoms with van der Waals surface area (Å²) in [6.07, 6.45) is 0.165. The number of phenolic OH excluding ortho intramolecular Hbond substituents is 1. The number of aromatic hydroxyl groups is 1. The molecule has 1 atom stereocenters. The number of hydrogen-bond acceptors (Lipinski definition) is 4. The number of para-hydroxylation sites is 1. The number of carbonyl (C=O) groups excluding carboxylic acids is 1. The summed E-state index contributed by atoms with van der Waals surface area (Å²) in [6, 6.07) is 18.6. The molecule has 3 aromatic rings. The van der Waals surface area contributed by atoms with E-state index in [-0.39, 0.29) is 36.5 Å². The standard InChI is InChI=1S/C22H17FO4/c23-19-7-3-1-5-14(19)13-26-20-8-4-2-6-16(20)18-12-22(25)27-21-11-15(24)9-10-17(18)21/h1-11,18,24H,12-13H2. The van der Waals surface area contributed by atoms with Crippen molar-refractivity contribution in [3.05, 3.63) is 89.2 Å². The van der Waals surface area contributed by atoms with Crippen molar-refractivity contribution in [3.63, 3.8) is 0 Å². The Hall–Kier alpha value is -3.34. The molecule has 3 aromatic carbocycles. The van der Waals surface area contributed by atoms with Crippen LogP contribution in [0.25, 0.3) is 0 Å². The number of fused-ring (bicyclic) bond motifs is 1. The Morgan fingerprint density at radius 1 is 1.04 bits per heavy atom. The molecule has 1 aliphatic heterocycles. The molecule has 0 aliphatic carbocycles. The summed E-state index contributed by atoms with van der Waals surface area (Å²) in [5.41, 5.74) is 2.08. The van der Waals surface area contributed by atoms with E-state index in [2.05, 4.69) is 0 Å². The molecule has 136 valence electrons. The van der Waals surface area contributed by atoms with E-state index in [1.165, 1.54) is 12.1 Å². The number of ether oxygens (including phenoxy) is 2. The fraction of sp³-hybridized carbons (Fsp3) is 0.136. The Morgan fingerprint density at radius 2 is 1.81 bits per heavy atom. The number of phenols is 1. The monoisotopic (exact) mass is 364 g/mol. The second-order valence-corrected chi connectivity index (χ2v) is 6.37. The van der Waals surface area contributed by atoms with E-state index in [1.807, 2.05) is 18.2 Å². The first kappa shape index (κ1) is 17.1. The lowest BCUT2D eigenvalue weighted by atomic mass is 9.86. The van der Waals surface area contributed by atoms with Gasteiger partial charge in [-0.25, -0.2) is 4.39 Å². The van der Waals surface area contributed by atoms with Crippen molar-refractivity contribution >= 4 is 5.97 Å². The van der Waals surface area contributed by atoms with E-state index >= 15 is 0 Å². The molecule has 1 aliphatic rings. The largest absolute Gasteiger partial charge is 0.508 e. The highest BCUT2D eigenvalue weighted by molar-refractivity contribution is 5.78. The Kier molecular flexibility index (Phi) is 4.50. The van der Waals surface area contributed by atoms with E-state index in [1.54, 1.807) is 36.4 Å².